The van der Waals surface area contributed by atoms with E-state index in [1.54, 1.807) is 7.05 Å². The predicted molar refractivity (Wildman–Crippen MR) is 37.9 cm³/mol. The quantitative estimate of drug-likeness (QED) is 0.588. The van der Waals surface area contributed by atoms with Gasteiger partial charge in [0.25, 0.3) is 0 Å². The molecule has 0 amide bonds. The van der Waals surface area contributed by atoms with Crippen LogP contribution in [0.5, 0.6) is 0 Å². The molecule has 0 bridgehead atoms. The summed E-state index contributed by atoms with van der Waals surface area (Å²) in [6.07, 6.45) is 1.30. The van der Waals surface area contributed by atoms with Crippen LogP contribution in [-0.2, 0) is 33.7 Å². The maximum absolute atomic E-state index is 10.2. The molecule has 0 atom stereocenters. The minimum atomic E-state index is -0.570. The van der Waals surface area contributed by atoms with E-state index in [9.17, 15) is 10.1 Å². The van der Waals surface area contributed by atoms with Crippen LogP contribution in [-0.4, -0.2) is 14.5 Å². The molecule has 1 aromatic rings. The minimum absolute atomic E-state index is 0. The number of aryl methyl sites for hydroxylation is 1. The number of nitrogens with one attached hydrogen (secondary N) is 1. The second-order valence-corrected chi connectivity index (χ2v) is 2.06. The van der Waals surface area contributed by atoms with Crippen molar-refractivity contribution < 1.29 is 25.0 Å². The Morgan fingerprint density at radius 1 is 1.83 bits per heavy atom. The van der Waals surface area contributed by atoms with Gasteiger partial charge in [-0.1, -0.05) is 6.54 Å². The molecule has 7 heteroatoms. The Labute approximate surface area is 82.3 Å². The molecule has 12 heavy (non-hydrogen) atoms. The molecular weight excluding hydrogens is 340 g/mol. The Bertz CT molecular complexity index is 285. The number of aromatic nitrogens is 2. The van der Waals surface area contributed by atoms with Crippen molar-refractivity contribution in [3.63, 3.8) is 0 Å². The first-order chi connectivity index (χ1) is 5.15. The molecule has 1 rings (SSSR count). The van der Waals surface area contributed by atoms with Gasteiger partial charge in [0.05, 0.1) is 0 Å². The van der Waals surface area contributed by atoms with E-state index in [0.29, 0.717) is 5.82 Å². The molecule has 1 heterocycles. The van der Waals surface area contributed by atoms with Gasteiger partial charge < -0.3 is 20.4 Å². The summed E-state index contributed by atoms with van der Waals surface area (Å²) in [5.74, 6) is 0.200. The maximum atomic E-state index is 10.2. The van der Waals surface area contributed by atoms with Crippen molar-refractivity contribution >= 4 is 5.82 Å². The van der Waals surface area contributed by atoms with Crippen LogP contribution in [0.2, 0.25) is 0 Å². The summed E-state index contributed by atoms with van der Waals surface area (Å²) in [7, 11) is 1.63. The van der Waals surface area contributed by atoms with Crippen LogP contribution in [0.3, 0.4) is 0 Å². The summed E-state index contributed by atoms with van der Waals surface area (Å²) in [6.45, 7) is -0.0374. The number of hydrogen-bond donors (Lipinski definition) is 0. The van der Waals surface area contributed by atoms with Crippen molar-refractivity contribution in [3.8, 4) is 0 Å². The normalized spacial score (nSPS) is 9.17. The van der Waals surface area contributed by atoms with Crippen LogP contribution in [0.4, 0.5) is 5.82 Å². The van der Waals surface area contributed by atoms with Crippen molar-refractivity contribution in [2.75, 3.05) is 0 Å². The first-order valence-corrected chi connectivity index (χ1v) is 2.96. The molecule has 0 aromatic carbocycles. The molecule has 0 saturated carbocycles. The largest absolute Gasteiger partial charge is 0.669 e. The average molecular weight is 347 g/mol. The fourth-order valence-electron chi connectivity index (χ4n) is 0.740. The van der Waals surface area contributed by atoms with Crippen LogP contribution >= 0.6 is 0 Å². The van der Waals surface area contributed by atoms with Crippen molar-refractivity contribution in [1.82, 2.24) is 9.55 Å². The van der Waals surface area contributed by atoms with E-state index in [2.05, 4.69) is 4.98 Å². The molecule has 0 spiro atoms. The van der Waals surface area contributed by atoms with E-state index in [1.807, 2.05) is 0 Å². The molecule has 6 nitrogen and oxygen atoms in total. The molecule has 0 aliphatic carbocycles. The van der Waals surface area contributed by atoms with Crippen molar-refractivity contribution in [2.45, 2.75) is 6.54 Å². The van der Waals surface area contributed by atoms with Gasteiger partial charge in [-0.3, -0.25) is 0 Å². The Morgan fingerprint density at radius 3 is 2.67 bits per heavy atom. The SMILES string of the molecule is Cn1cc([N+](=O)[O-])nc1C[NH-].[Ir]. The molecule has 0 saturated heterocycles. The Hall–Kier alpha value is -0.781. The minimum Gasteiger partial charge on any atom is -0.669 e. The molecule has 0 aliphatic rings. The number of nitrogens with zero attached hydrogens (tertiary/aromatic N) is 3. The van der Waals surface area contributed by atoms with Crippen molar-refractivity contribution in [3.05, 3.63) is 27.9 Å². The number of rotatable bonds is 2. The average Bonchev–Trinajstić information content (AvgIpc) is 2.31. The summed E-state index contributed by atoms with van der Waals surface area (Å²) in [5.41, 5.74) is 6.93. The van der Waals surface area contributed by atoms with Crippen LogP contribution in [0.25, 0.3) is 5.73 Å². The number of hydrogen-bond acceptors (Lipinski definition) is 3. The summed E-state index contributed by atoms with van der Waals surface area (Å²) < 4.78 is 1.48. The number of nitro groups is 1. The molecule has 1 N–H and O–H groups in total. The van der Waals surface area contributed by atoms with Gasteiger partial charge in [0, 0.05) is 27.2 Å². The third-order valence-electron chi connectivity index (χ3n) is 1.31. The molecular formula is C5H7IrN4O2-. The third-order valence-corrected chi connectivity index (χ3v) is 1.31. The second-order valence-electron chi connectivity index (χ2n) is 2.06. The van der Waals surface area contributed by atoms with Crippen molar-refractivity contribution in [1.29, 1.82) is 0 Å². The van der Waals surface area contributed by atoms with Gasteiger partial charge in [-0.25, -0.2) is 0 Å². The molecule has 0 unspecified atom stereocenters. The van der Waals surface area contributed by atoms with E-state index in [4.69, 9.17) is 5.73 Å². The Kier molecular flexibility index (Phi) is 4.02. The Balaban J connectivity index is 0.00000121. The topological polar surface area (TPSA) is 84.8 Å². The van der Waals surface area contributed by atoms with E-state index in [-0.39, 0.29) is 32.5 Å². The summed E-state index contributed by atoms with van der Waals surface area (Å²) in [4.78, 5) is 13.2. The van der Waals surface area contributed by atoms with Crippen LogP contribution in [0, 0.1) is 10.1 Å². The van der Waals surface area contributed by atoms with Crippen LogP contribution in [0.15, 0.2) is 6.20 Å². The van der Waals surface area contributed by atoms with Gasteiger partial charge in [-0.15, -0.1) is 0 Å². The zero-order valence-electron chi connectivity index (χ0n) is 6.28. The van der Waals surface area contributed by atoms with Crippen LogP contribution < -0.4 is 0 Å². The second kappa shape index (κ2) is 4.30. The van der Waals surface area contributed by atoms with E-state index in [0.717, 1.165) is 0 Å². The molecule has 1 aromatic heterocycles. The van der Waals surface area contributed by atoms with Gasteiger partial charge in [-0.2, -0.15) is 0 Å². The fourth-order valence-corrected chi connectivity index (χ4v) is 0.740. The first-order valence-electron chi connectivity index (χ1n) is 2.96. The zero-order chi connectivity index (χ0) is 8.43. The summed E-state index contributed by atoms with van der Waals surface area (Å²) >= 11 is 0. The predicted octanol–water partition coefficient (Wildman–Crippen LogP) is 0.878. The van der Waals surface area contributed by atoms with Gasteiger partial charge in [-0.05, 0) is 9.91 Å². The van der Waals surface area contributed by atoms with Gasteiger partial charge in [0.15, 0.2) is 0 Å². The molecule has 0 fully saturated rings. The van der Waals surface area contributed by atoms with Gasteiger partial charge in [0.1, 0.15) is 6.20 Å². The smallest absolute Gasteiger partial charge is 0.381 e. The molecule has 69 valence electrons. The fraction of sp³-hybridized carbons (Fsp3) is 0.400. The summed E-state index contributed by atoms with van der Waals surface area (Å²) in [6, 6.07) is 0. The monoisotopic (exact) mass is 348 g/mol. The Morgan fingerprint density at radius 2 is 2.42 bits per heavy atom. The molecule has 0 aliphatic heterocycles. The third kappa shape index (κ3) is 2.10. The number of imidazole rings is 1. The van der Waals surface area contributed by atoms with E-state index >= 15 is 0 Å². The maximum Gasteiger partial charge on any atom is 0.381 e. The molecule has 1 radical (unpaired) electrons. The summed E-state index contributed by atoms with van der Waals surface area (Å²) in [5, 5.41) is 10.2. The standard InChI is InChI=1S/C5H7N4O2.Ir/c1-8-3-5(9(10)11)7-4(8)2-6;/h3,6H,2H2,1H3;/q-1;. The van der Waals surface area contributed by atoms with E-state index in [1.165, 1.54) is 10.8 Å². The first kappa shape index (κ1) is 11.2. The van der Waals surface area contributed by atoms with E-state index < -0.39 is 4.92 Å². The van der Waals surface area contributed by atoms with Gasteiger partial charge in [0.2, 0.25) is 5.82 Å². The zero-order valence-corrected chi connectivity index (χ0v) is 8.67. The van der Waals surface area contributed by atoms with Gasteiger partial charge >= 0.3 is 5.82 Å². The van der Waals surface area contributed by atoms with Crippen molar-refractivity contribution in [2.24, 2.45) is 7.05 Å². The van der Waals surface area contributed by atoms with Crippen LogP contribution in [0.1, 0.15) is 5.82 Å².